The molecule has 2 aromatic heterocycles. The molecule has 1 fully saturated rings. The second-order valence-electron chi connectivity index (χ2n) is 7.99. The van der Waals surface area contributed by atoms with Crippen LogP contribution in [-0.2, 0) is 19.0 Å². The summed E-state index contributed by atoms with van der Waals surface area (Å²) >= 11 is 6.29. The van der Waals surface area contributed by atoms with Gasteiger partial charge in [-0.25, -0.2) is 4.98 Å². The standard InChI is InChI=1S/C22H20ClF3N8O2/c23-16-10-12(1-2-14(16)21(36)34-7-5-28-6-8-34)31-20(35)19-29-11-13(30-19)9-15-17(3-4-27)32-33-18(15)22(24,25)26/h1-2,10-11,28H,3,5-9H2,(H,29,30)(H,31,35)(H,32,33). The van der Waals surface area contributed by atoms with Crippen molar-refractivity contribution >= 4 is 29.1 Å². The van der Waals surface area contributed by atoms with E-state index in [0.29, 0.717) is 37.4 Å². The Morgan fingerprint density at radius 3 is 2.67 bits per heavy atom. The first kappa shape index (κ1) is 25.2. The predicted octanol–water partition coefficient (Wildman–Crippen LogP) is 2.76. The van der Waals surface area contributed by atoms with Crippen LogP contribution in [0.15, 0.2) is 24.4 Å². The van der Waals surface area contributed by atoms with Crippen LogP contribution in [0.1, 0.15) is 43.6 Å². The van der Waals surface area contributed by atoms with Crippen molar-refractivity contribution in [1.29, 1.82) is 5.26 Å². The first-order valence-electron chi connectivity index (χ1n) is 10.8. The van der Waals surface area contributed by atoms with Crippen LogP contribution in [-0.4, -0.2) is 63.1 Å². The zero-order valence-corrected chi connectivity index (χ0v) is 19.4. The van der Waals surface area contributed by atoms with Gasteiger partial charge in [0.25, 0.3) is 11.8 Å². The average Bonchev–Trinajstić information content (AvgIpc) is 3.47. The molecule has 0 saturated carbocycles. The molecule has 1 aromatic carbocycles. The number of nitriles is 1. The number of carbonyl (C=O) groups excluding carboxylic acids is 2. The maximum Gasteiger partial charge on any atom is 0.435 e. The molecule has 1 aliphatic heterocycles. The zero-order valence-electron chi connectivity index (χ0n) is 18.7. The lowest BCUT2D eigenvalue weighted by atomic mass is 10.1. The molecule has 10 nitrogen and oxygen atoms in total. The van der Waals surface area contributed by atoms with E-state index >= 15 is 0 Å². The van der Waals surface area contributed by atoms with Gasteiger partial charge >= 0.3 is 6.18 Å². The third kappa shape index (κ3) is 5.50. The van der Waals surface area contributed by atoms with E-state index in [1.807, 2.05) is 0 Å². The van der Waals surface area contributed by atoms with Gasteiger partial charge in [0.2, 0.25) is 0 Å². The fourth-order valence-corrected chi connectivity index (χ4v) is 4.06. The number of imidazole rings is 1. The smallest absolute Gasteiger partial charge is 0.337 e. The lowest BCUT2D eigenvalue weighted by Gasteiger charge is -2.27. The van der Waals surface area contributed by atoms with Crippen LogP contribution < -0.4 is 10.6 Å². The van der Waals surface area contributed by atoms with Gasteiger partial charge in [0.1, 0.15) is 0 Å². The molecule has 3 heterocycles. The van der Waals surface area contributed by atoms with E-state index in [2.05, 4.69) is 30.8 Å². The maximum absolute atomic E-state index is 13.3. The molecule has 0 radical (unpaired) electrons. The van der Waals surface area contributed by atoms with Crippen molar-refractivity contribution in [1.82, 2.24) is 30.4 Å². The summed E-state index contributed by atoms with van der Waals surface area (Å²) in [4.78, 5) is 33.6. The summed E-state index contributed by atoms with van der Waals surface area (Å²) in [7, 11) is 0. The lowest BCUT2D eigenvalue weighted by Crippen LogP contribution is -2.46. The van der Waals surface area contributed by atoms with E-state index in [1.165, 1.54) is 24.4 Å². The number of carbonyl (C=O) groups is 2. The number of aromatic amines is 2. The van der Waals surface area contributed by atoms with E-state index < -0.39 is 17.8 Å². The number of hydrogen-bond donors (Lipinski definition) is 4. The lowest BCUT2D eigenvalue weighted by molar-refractivity contribution is -0.141. The number of aromatic nitrogens is 4. The van der Waals surface area contributed by atoms with Crippen LogP contribution in [0.2, 0.25) is 5.02 Å². The third-order valence-electron chi connectivity index (χ3n) is 5.55. The Morgan fingerprint density at radius 2 is 2.00 bits per heavy atom. The molecule has 0 atom stereocenters. The number of H-pyrrole nitrogens is 2. The minimum absolute atomic E-state index is 0.0375. The summed E-state index contributed by atoms with van der Waals surface area (Å²) in [6.07, 6.45) is -4.02. The molecule has 14 heteroatoms. The summed E-state index contributed by atoms with van der Waals surface area (Å²) < 4.78 is 39.9. The molecule has 1 aliphatic rings. The highest BCUT2D eigenvalue weighted by Gasteiger charge is 2.38. The van der Waals surface area contributed by atoms with Gasteiger partial charge in [-0.2, -0.15) is 23.5 Å². The Hall–Kier alpha value is -3.89. The summed E-state index contributed by atoms with van der Waals surface area (Å²) in [5, 5.41) is 20.4. The SMILES string of the molecule is N#CCc1[nH]nc(C(F)(F)F)c1Cc1cnc(C(=O)Nc2ccc(C(=O)N3CCNCC3)c(Cl)c2)[nH]1. The highest BCUT2D eigenvalue weighted by molar-refractivity contribution is 6.34. The van der Waals surface area contributed by atoms with Crippen molar-refractivity contribution in [3.63, 3.8) is 0 Å². The van der Waals surface area contributed by atoms with Crippen molar-refractivity contribution in [3.8, 4) is 6.07 Å². The highest BCUT2D eigenvalue weighted by Crippen LogP contribution is 2.33. The number of piperazine rings is 1. The van der Waals surface area contributed by atoms with Gasteiger partial charge in [0.15, 0.2) is 11.5 Å². The van der Waals surface area contributed by atoms with E-state index in [1.54, 1.807) is 11.0 Å². The number of nitrogens with one attached hydrogen (secondary N) is 4. The number of halogens is 4. The first-order chi connectivity index (χ1) is 17.2. The quantitative estimate of drug-likeness (QED) is 0.393. The largest absolute Gasteiger partial charge is 0.435 e. The van der Waals surface area contributed by atoms with Crippen LogP contribution in [0.5, 0.6) is 0 Å². The van der Waals surface area contributed by atoms with Crippen molar-refractivity contribution in [2.45, 2.75) is 19.0 Å². The molecule has 0 bridgehead atoms. The summed E-state index contributed by atoms with van der Waals surface area (Å²) in [6.45, 7) is 2.52. The summed E-state index contributed by atoms with van der Waals surface area (Å²) in [5.74, 6) is -0.997. The third-order valence-corrected chi connectivity index (χ3v) is 5.86. The fraction of sp³-hybridized carbons (Fsp3) is 0.318. The second-order valence-corrected chi connectivity index (χ2v) is 8.39. The number of hydrogen-bond acceptors (Lipinski definition) is 6. The van der Waals surface area contributed by atoms with Gasteiger partial charge in [-0.1, -0.05) is 11.6 Å². The van der Waals surface area contributed by atoms with Crippen molar-refractivity contribution in [2.75, 3.05) is 31.5 Å². The number of alkyl halides is 3. The van der Waals surface area contributed by atoms with Crippen LogP contribution in [0.4, 0.5) is 18.9 Å². The molecule has 3 aromatic rings. The molecule has 4 N–H and O–H groups in total. The predicted molar refractivity (Wildman–Crippen MR) is 122 cm³/mol. The molecule has 36 heavy (non-hydrogen) atoms. The van der Waals surface area contributed by atoms with Gasteiger partial charge in [0.05, 0.1) is 28.8 Å². The molecule has 0 spiro atoms. The summed E-state index contributed by atoms with van der Waals surface area (Å²) in [6, 6.07) is 6.28. The fourth-order valence-electron chi connectivity index (χ4n) is 3.80. The van der Waals surface area contributed by atoms with E-state index in [0.717, 1.165) is 0 Å². The maximum atomic E-state index is 13.3. The number of anilines is 1. The van der Waals surface area contributed by atoms with Gasteiger partial charge in [-0.3, -0.25) is 14.7 Å². The Bertz CT molecular complexity index is 1320. The number of amides is 2. The minimum Gasteiger partial charge on any atom is -0.337 e. The van der Waals surface area contributed by atoms with Gasteiger partial charge in [-0.15, -0.1) is 0 Å². The topological polar surface area (TPSA) is 143 Å². The van der Waals surface area contributed by atoms with Gasteiger partial charge in [0, 0.05) is 55.7 Å². The number of benzene rings is 1. The van der Waals surface area contributed by atoms with Crippen LogP contribution in [0.25, 0.3) is 0 Å². The molecule has 188 valence electrons. The average molecular weight is 521 g/mol. The molecule has 4 rings (SSSR count). The van der Waals surface area contributed by atoms with E-state index in [9.17, 15) is 22.8 Å². The van der Waals surface area contributed by atoms with Crippen molar-refractivity contribution in [2.24, 2.45) is 0 Å². The van der Waals surface area contributed by atoms with Gasteiger partial charge < -0.3 is 20.5 Å². The second kappa shape index (κ2) is 10.4. The van der Waals surface area contributed by atoms with Crippen molar-refractivity contribution in [3.05, 3.63) is 63.5 Å². The van der Waals surface area contributed by atoms with Gasteiger partial charge in [-0.05, 0) is 18.2 Å². The Labute approximate surface area is 207 Å². The van der Waals surface area contributed by atoms with E-state index in [4.69, 9.17) is 16.9 Å². The Morgan fingerprint density at radius 1 is 1.25 bits per heavy atom. The Balaban J connectivity index is 1.46. The van der Waals surface area contributed by atoms with Crippen LogP contribution in [0, 0.1) is 11.3 Å². The molecule has 0 unspecified atom stereocenters. The van der Waals surface area contributed by atoms with E-state index in [-0.39, 0.29) is 46.5 Å². The molecular formula is C22H20ClF3N8O2. The Kier molecular flexibility index (Phi) is 7.27. The van der Waals surface area contributed by atoms with Crippen LogP contribution in [0.3, 0.4) is 0 Å². The zero-order chi connectivity index (χ0) is 25.9. The molecule has 2 amide bonds. The molecule has 0 aliphatic carbocycles. The monoisotopic (exact) mass is 520 g/mol. The minimum atomic E-state index is -4.71. The van der Waals surface area contributed by atoms with Crippen LogP contribution >= 0.6 is 11.6 Å². The van der Waals surface area contributed by atoms with Crippen molar-refractivity contribution < 1.29 is 22.8 Å². The molecular weight excluding hydrogens is 501 g/mol. The normalized spacial score (nSPS) is 13.9. The molecule has 1 saturated heterocycles. The highest BCUT2D eigenvalue weighted by atomic mass is 35.5. The first-order valence-corrected chi connectivity index (χ1v) is 11.2. The summed E-state index contributed by atoms with van der Waals surface area (Å²) in [5.41, 5.74) is -0.442. The number of nitrogens with zero attached hydrogens (tertiary/aromatic N) is 4. The number of rotatable bonds is 6.